The SMILES string of the molecule is C=C1C(=O)N[C@H](C)C(=O)N[C@@H](CC(C)CC)C(=O)N[C@@H](C(=O)O)[C@H](C)C(=O)N[C@@H](CCCN=C(N)N)C(=O)N[C@@H](/C=C/C(C)=C/[C@H](C)[C@H](Cc2ccccc2)OC)[C@H](C)C(=O)N[C@@H](C(=O)O)CCC(=O)N1C. The van der Waals surface area contributed by atoms with Gasteiger partial charge < -0.3 is 63.2 Å². The van der Waals surface area contributed by atoms with Gasteiger partial charge in [0, 0.05) is 33.0 Å². The van der Waals surface area contributed by atoms with Gasteiger partial charge in [-0.3, -0.25) is 38.6 Å². The van der Waals surface area contributed by atoms with E-state index in [0.717, 1.165) is 10.5 Å². The summed E-state index contributed by atoms with van der Waals surface area (Å²) in [6.07, 6.45) is 5.23. The highest BCUT2D eigenvalue weighted by atomic mass is 16.5. The van der Waals surface area contributed by atoms with Crippen LogP contribution in [0.4, 0.5) is 0 Å². The second-order valence-electron chi connectivity index (χ2n) is 18.4. The lowest BCUT2D eigenvalue weighted by Crippen LogP contribution is -2.59. The summed E-state index contributed by atoms with van der Waals surface area (Å²) in [7, 11) is 2.83. The van der Waals surface area contributed by atoms with Crippen LogP contribution in [-0.4, -0.2) is 137 Å². The number of carbonyl (C=O) groups excluding carboxylic acids is 7. The zero-order valence-electron chi connectivity index (χ0n) is 42.9. The van der Waals surface area contributed by atoms with Gasteiger partial charge in [-0.15, -0.1) is 0 Å². The van der Waals surface area contributed by atoms with E-state index >= 15 is 0 Å². The van der Waals surface area contributed by atoms with Gasteiger partial charge in [-0.05, 0) is 57.4 Å². The Hall–Kier alpha value is -7.10. The summed E-state index contributed by atoms with van der Waals surface area (Å²) in [6.45, 7) is 15.1. The van der Waals surface area contributed by atoms with Crippen molar-refractivity contribution in [2.75, 3.05) is 20.7 Å². The fourth-order valence-corrected chi connectivity index (χ4v) is 7.55. The minimum absolute atomic E-state index is 0.0248. The van der Waals surface area contributed by atoms with E-state index in [2.05, 4.69) is 43.5 Å². The molecular formula is C50H76N10O12. The number of hydrogen-bond donors (Lipinski definition) is 10. The smallest absolute Gasteiger partial charge is 0.327 e. The van der Waals surface area contributed by atoms with Gasteiger partial charge in [-0.1, -0.05) is 102 Å². The lowest BCUT2D eigenvalue weighted by atomic mass is 9.94. The Labute approximate surface area is 421 Å². The van der Waals surface area contributed by atoms with E-state index in [1.807, 2.05) is 50.3 Å². The number of nitrogens with one attached hydrogen (secondary N) is 6. The molecule has 0 bridgehead atoms. The molecule has 0 saturated carbocycles. The number of aliphatic carboxylic acids is 2. The zero-order valence-corrected chi connectivity index (χ0v) is 42.9. The number of carbonyl (C=O) groups is 9. The maximum Gasteiger partial charge on any atom is 0.327 e. The number of amides is 7. The topological polar surface area (TPSA) is 343 Å². The number of ether oxygens (including phenoxy) is 1. The van der Waals surface area contributed by atoms with Crippen LogP contribution in [0.2, 0.25) is 0 Å². The van der Waals surface area contributed by atoms with E-state index in [4.69, 9.17) is 16.2 Å². The summed E-state index contributed by atoms with van der Waals surface area (Å²) < 4.78 is 5.82. The molecule has 0 spiro atoms. The number of carboxylic acids is 2. The number of aliphatic imine (C=N–C) groups is 1. The Morgan fingerprint density at radius 1 is 0.861 bits per heavy atom. The fourth-order valence-electron chi connectivity index (χ4n) is 7.55. The predicted octanol–water partition coefficient (Wildman–Crippen LogP) is 1.01. The van der Waals surface area contributed by atoms with Gasteiger partial charge in [0.05, 0.1) is 24.0 Å². The van der Waals surface area contributed by atoms with E-state index in [-0.39, 0.29) is 49.7 Å². The molecule has 1 fully saturated rings. The Balaban J connectivity index is 2.74. The van der Waals surface area contributed by atoms with Gasteiger partial charge in [0.25, 0.3) is 5.91 Å². The average Bonchev–Trinajstić information content (AvgIpc) is 3.33. The van der Waals surface area contributed by atoms with Crippen LogP contribution in [-0.2, 0) is 54.3 Å². The second kappa shape index (κ2) is 29.9. The number of allylic oxidation sites excluding steroid dienone is 2. The Bertz CT molecular complexity index is 2180. The number of benzene rings is 1. The van der Waals surface area contributed by atoms with Crippen LogP contribution in [0.1, 0.15) is 92.6 Å². The third-order valence-corrected chi connectivity index (χ3v) is 12.6. The standard InChI is InChI=1S/C50H76N10O12/c1-11-27(2)25-38-47(67)59-41(49(70)71)31(6)43(63)56-36(18-15-23-53-50(51)52)46(66)55-35(20-19-28(3)24-29(4)39(72-10)26-34-16-13-12-14-17-34)30(5)42(62)57-37(48(68)69)21-22-40(61)60(9)33(8)45(65)54-32(7)44(64)58-38/h12-14,16-17,19-20,24,27,29-32,35-39,41H,8,11,15,18,21-23,25-26H2,1-7,9-10H3,(H,54,65)(H,55,66)(H,56,63)(H,57,62)(H,58,64)(H,59,67)(H,68,69)(H,70,71)(H4,51,52,53)/b20-19+,28-24+/t27?,29-,30-,31-,32+,35-,36-,37+,38-,39-,41+/m0/s1. The molecule has 1 aromatic rings. The molecule has 1 unspecified atom stereocenters. The number of guanidine groups is 1. The number of methoxy groups -OCH3 is 1. The predicted molar refractivity (Wildman–Crippen MR) is 269 cm³/mol. The molecule has 1 aliphatic heterocycles. The summed E-state index contributed by atoms with van der Waals surface area (Å²) in [6, 6.07) is 1.01. The Morgan fingerprint density at radius 3 is 2.06 bits per heavy atom. The average molecular weight is 1010 g/mol. The van der Waals surface area contributed by atoms with Gasteiger partial charge in [-0.25, -0.2) is 9.59 Å². The van der Waals surface area contributed by atoms with Crippen LogP contribution in [0.5, 0.6) is 0 Å². The van der Waals surface area contributed by atoms with Crippen molar-refractivity contribution in [1.29, 1.82) is 0 Å². The molecule has 1 aromatic carbocycles. The molecule has 72 heavy (non-hydrogen) atoms. The first kappa shape index (κ1) is 61.0. The highest BCUT2D eigenvalue weighted by Crippen LogP contribution is 2.19. The van der Waals surface area contributed by atoms with Gasteiger partial charge in [0.2, 0.25) is 35.4 Å². The van der Waals surface area contributed by atoms with Crippen molar-refractivity contribution in [2.45, 2.75) is 136 Å². The molecule has 7 amide bonds. The van der Waals surface area contributed by atoms with E-state index in [9.17, 15) is 53.4 Å². The summed E-state index contributed by atoms with van der Waals surface area (Å²) >= 11 is 0. The molecule has 12 N–H and O–H groups in total. The van der Waals surface area contributed by atoms with E-state index in [1.54, 1.807) is 27.0 Å². The van der Waals surface area contributed by atoms with Crippen molar-refractivity contribution in [2.24, 2.45) is 40.1 Å². The van der Waals surface area contributed by atoms with Crippen LogP contribution in [0.25, 0.3) is 0 Å². The van der Waals surface area contributed by atoms with Crippen molar-refractivity contribution in [1.82, 2.24) is 36.8 Å². The number of carboxylic acid groups (broad SMARTS) is 2. The fraction of sp³-hybridized carbons (Fsp3) is 0.560. The summed E-state index contributed by atoms with van der Waals surface area (Å²) in [4.78, 5) is 126. The van der Waals surface area contributed by atoms with E-state index in [1.165, 1.54) is 33.9 Å². The summed E-state index contributed by atoms with van der Waals surface area (Å²) in [5, 5.41) is 35.6. The van der Waals surface area contributed by atoms with Gasteiger partial charge in [0.15, 0.2) is 5.96 Å². The normalized spacial score (nSPS) is 25.5. The third kappa shape index (κ3) is 20.0. The van der Waals surface area contributed by atoms with Crippen LogP contribution in [0, 0.1) is 23.7 Å². The largest absolute Gasteiger partial charge is 0.480 e. The highest BCUT2D eigenvalue weighted by molar-refractivity contribution is 6.00. The van der Waals surface area contributed by atoms with Gasteiger partial charge >= 0.3 is 11.9 Å². The minimum Gasteiger partial charge on any atom is -0.480 e. The molecule has 11 atom stereocenters. The van der Waals surface area contributed by atoms with Gasteiger partial charge in [0.1, 0.15) is 35.9 Å². The second-order valence-corrected chi connectivity index (χ2v) is 18.4. The quantitative estimate of drug-likeness (QED) is 0.0364. The molecule has 0 radical (unpaired) electrons. The zero-order chi connectivity index (χ0) is 54.4. The molecule has 1 aliphatic rings. The number of rotatable bonds is 16. The van der Waals surface area contributed by atoms with Crippen molar-refractivity contribution in [3.05, 3.63) is 72.0 Å². The van der Waals surface area contributed by atoms with Gasteiger partial charge in [-0.2, -0.15) is 0 Å². The molecular weight excluding hydrogens is 933 g/mol. The molecule has 1 saturated heterocycles. The van der Waals surface area contributed by atoms with Crippen molar-refractivity contribution in [3.63, 3.8) is 0 Å². The molecule has 0 aromatic heterocycles. The highest BCUT2D eigenvalue weighted by Gasteiger charge is 2.37. The maximum absolute atomic E-state index is 14.4. The van der Waals surface area contributed by atoms with Crippen LogP contribution >= 0.6 is 0 Å². The number of likely N-dealkylation sites (N-methyl/N-ethyl adjacent to an activating group) is 1. The van der Waals surface area contributed by atoms with Crippen molar-refractivity contribution < 1.29 is 58.1 Å². The third-order valence-electron chi connectivity index (χ3n) is 12.6. The lowest BCUT2D eigenvalue weighted by molar-refractivity contribution is -0.146. The van der Waals surface area contributed by atoms with E-state index in [0.29, 0.717) is 18.4 Å². The van der Waals surface area contributed by atoms with Crippen LogP contribution < -0.4 is 43.4 Å². The van der Waals surface area contributed by atoms with Crippen LogP contribution in [0.15, 0.2) is 71.4 Å². The molecule has 22 nitrogen and oxygen atoms in total. The Morgan fingerprint density at radius 2 is 1.47 bits per heavy atom. The first-order chi connectivity index (χ1) is 33.8. The molecule has 1 heterocycles. The Kier molecular flexibility index (Phi) is 25.4. The molecule has 22 heteroatoms. The molecule has 398 valence electrons. The van der Waals surface area contributed by atoms with Crippen molar-refractivity contribution >= 4 is 59.2 Å². The molecule has 2 rings (SSSR count). The lowest BCUT2D eigenvalue weighted by Gasteiger charge is -2.29. The first-order valence-corrected chi connectivity index (χ1v) is 24.0. The number of nitrogens with two attached hydrogens (primary N) is 2. The number of hydrogen-bond acceptors (Lipinski definition) is 11. The number of nitrogens with zero attached hydrogens (tertiary/aromatic N) is 2. The maximum atomic E-state index is 14.4. The molecule has 0 aliphatic carbocycles. The first-order valence-electron chi connectivity index (χ1n) is 24.0. The van der Waals surface area contributed by atoms with Crippen molar-refractivity contribution in [3.8, 4) is 0 Å². The van der Waals surface area contributed by atoms with Crippen LogP contribution in [0.3, 0.4) is 0 Å². The van der Waals surface area contributed by atoms with E-state index < -0.39 is 120 Å². The monoisotopic (exact) mass is 1010 g/mol. The minimum atomic E-state index is -1.88. The summed E-state index contributed by atoms with van der Waals surface area (Å²) in [5.74, 6) is -12.5. The summed E-state index contributed by atoms with van der Waals surface area (Å²) in [5.41, 5.74) is 12.4.